The first kappa shape index (κ1) is 8.01. The van der Waals surface area contributed by atoms with E-state index in [1.807, 2.05) is 11.6 Å². The molecule has 0 aromatic carbocycles. The second-order valence-corrected chi connectivity index (χ2v) is 3.66. The molecule has 0 bridgehead atoms. The number of aryl methyl sites for hydroxylation is 1. The van der Waals surface area contributed by atoms with E-state index in [4.69, 9.17) is 11.6 Å². The lowest BCUT2D eigenvalue weighted by molar-refractivity contribution is 0.945. The summed E-state index contributed by atoms with van der Waals surface area (Å²) in [7, 11) is 1.91. The van der Waals surface area contributed by atoms with E-state index in [-0.39, 0.29) is 0 Å². The topological polar surface area (TPSA) is 30.7 Å². The van der Waals surface area contributed by atoms with Crippen molar-refractivity contribution in [3.63, 3.8) is 0 Å². The maximum absolute atomic E-state index is 5.83. The van der Waals surface area contributed by atoms with Gasteiger partial charge in [0.05, 0.1) is 16.3 Å². The quantitative estimate of drug-likeness (QED) is 0.668. The first-order valence-corrected chi connectivity index (χ1v) is 4.48. The predicted octanol–water partition coefficient (Wildman–Crippen LogP) is 2.38. The molecule has 2 aromatic heterocycles. The van der Waals surface area contributed by atoms with Crippen LogP contribution in [0.3, 0.4) is 0 Å². The second kappa shape index (κ2) is 2.71. The smallest absolute Gasteiger partial charge is 0.156 e. The zero-order valence-corrected chi connectivity index (χ0v) is 8.59. The molecular formula is C7H5BrClN3. The second-order valence-electron chi connectivity index (χ2n) is 2.45. The average molecular weight is 246 g/mol. The lowest BCUT2D eigenvalue weighted by Crippen LogP contribution is -1.86. The summed E-state index contributed by atoms with van der Waals surface area (Å²) in [5.41, 5.74) is 1.70. The third kappa shape index (κ3) is 1.03. The number of imidazole rings is 1. The summed E-state index contributed by atoms with van der Waals surface area (Å²) >= 11 is 9.21. The van der Waals surface area contributed by atoms with Crippen LogP contribution in [0.25, 0.3) is 11.0 Å². The molecule has 3 nitrogen and oxygen atoms in total. The van der Waals surface area contributed by atoms with Crippen molar-refractivity contribution in [1.82, 2.24) is 14.5 Å². The van der Waals surface area contributed by atoms with Gasteiger partial charge in [-0.15, -0.1) is 0 Å². The highest BCUT2D eigenvalue weighted by atomic mass is 79.9. The minimum absolute atomic E-state index is 0.439. The Morgan fingerprint density at radius 2 is 2.25 bits per heavy atom. The minimum Gasteiger partial charge on any atom is -0.333 e. The van der Waals surface area contributed by atoms with Crippen LogP contribution in [0.1, 0.15) is 0 Å². The summed E-state index contributed by atoms with van der Waals surface area (Å²) in [5.74, 6) is 0. The first-order chi connectivity index (χ1) is 5.70. The van der Waals surface area contributed by atoms with Crippen LogP contribution < -0.4 is 0 Å². The van der Waals surface area contributed by atoms with E-state index in [1.165, 1.54) is 0 Å². The van der Waals surface area contributed by atoms with Gasteiger partial charge in [-0.3, -0.25) is 0 Å². The Balaban J connectivity index is 2.98. The number of aromatic nitrogens is 3. The third-order valence-corrected chi connectivity index (χ3v) is 2.51. The Morgan fingerprint density at radius 1 is 1.50 bits per heavy atom. The normalized spacial score (nSPS) is 10.9. The zero-order chi connectivity index (χ0) is 8.72. The maximum Gasteiger partial charge on any atom is 0.156 e. The fourth-order valence-corrected chi connectivity index (χ4v) is 1.86. The number of halogens is 2. The van der Waals surface area contributed by atoms with Crippen molar-refractivity contribution in [3.05, 3.63) is 22.1 Å². The Bertz CT molecular complexity index is 437. The fraction of sp³-hybridized carbons (Fsp3) is 0.143. The molecule has 0 unspecified atom stereocenters. The van der Waals surface area contributed by atoms with E-state index in [2.05, 4.69) is 25.9 Å². The van der Waals surface area contributed by atoms with E-state index in [1.54, 1.807) is 12.5 Å². The van der Waals surface area contributed by atoms with Crippen LogP contribution in [0.15, 0.2) is 17.0 Å². The summed E-state index contributed by atoms with van der Waals surface area (Å²) in [6.45, 7) is 0. The van der Waals surface area contributed by atoms with Gasteiger partial charge >= 0.3 is 0 Å². The molecule has 2 rings (SSSR count). The highest BCUT2D eigenvalue weighted by Crippen LogP contribution is 2.25. The predicted molar refractivity (Wildman–Crippen MR) is 51.2 cm³/mol. The van der Waals surface area contributed by atoms with Crippen molar-refractivity contribution < 1.29 is 0 Å². The molecule has 0 amide bonds. The van der Waals surface area contributed by atoms with Crippen LogP contribution in [0.4, 0.5) is 0 Å². The van der Waals surface area contributed by atoms with Crippen molar-refractivity contribution in [2.45, 2.75) is 0 Å². The Labute approximate surface area is 82.5 Å². The fourth-order valence-electron chi connectivity index (χ4n) is 1.10. The Hall–Kier alpha value is -0.610. The van der Waals surface area contributed by atoms with E-state index >= 15 is 0 Å². The maximum atomic E-state index is 5.83. The summed E-state index contributed by atoms with van der Waals surface area (Å²) in [6, 6.07) is 0. The van der Waals surface area contributed by atoms with Crippen LogP contribution in [0, 0.1) is 0 Å². The van der Waals surface area contributed by atoms with E-state index in [0.717, 1.165) is 15.5 Å². The van der Waals surface area contributed by atoms with Gasteiger partial charge in [0, 0.05) is 13.2 Å². The third-order valence-electron chi connectivity index (χ3n) is 1.65. The van der Waals surface area contributed by atoms with Gasteiger partial charge in [0.1, 0.15) is 5.52 Å². The molecule has 0 aliphatic carbocycles. The highest BCUT2D eigenvalue weighted by molar-refractivity contribution is 9.10. The molecule has 0 N–H and O–H groups in total. The molecule has 0 fully saturated rings. The molecule has 2 aromatic rings. The molecule has 0 saturated heterocycles. The number of fused-ring (bicyclic) bond motifs is 1. The molecule has 0 spiro atoms. The van der Waals surface area contributed by atoms with Crippen LogP contribution in [-0.4, -0.2) is 14.5 Å². The van der Waals surface area contributed by atoms with Crippen molar-refractivity contribution in [2.24, 2.45) is 7.05 Å². The molecule has 12 heavy (non-hydrogen) atoms. The Morgan fingerprint density at radius 3 is 2.92 bits per heavy atom. The van der Waals surface area contributed by atoms with Gasteiger partial charge in [0.15, 0.2) is 5.15 Å². The van der Waals surface area contributed by atoms with Crippen molar-refractivity contribution in [3.8, 4) is 0 Å². The standard InChI is InChI=1S/C7H5BrClN3/c1-12-3-11-5-6(12)4(8)2-10-7(5)9/h2-3H,1H3. The summed E-state index contributed by atoms with van der Waals surface area (Å²) in [6.07, 6.45) is 3.38. The van der Waals surface area contributed by atoms with Crippen LogP contribution in [0.2, 0.25) is 5.15 Å². The molecule has 0 radical (unpaired) electrons. The average Bonchev–Trinajstić information content (AvgIpc) is 2.42. The molecule has 0 aliphatic heterocycles. The zero-order valence-electron chi connectivity index (χ0n) is 6.25. The monoisotopic (exact) mass is 245 g/mol. The molecule has 2 heterocycles. The highest BCUT2D eigenvalue weighted by Gasteiger charge is 2.08. The van der Waals surface area contributed by atoms with Gasteiger partial charge in [0.2, 0.25) is 0 Å². The molecular weight excluding hydrogens is 241 g/mol. The summed E-state index contributed by atoms with van der Waals surface area (Å²) < 4.78 is 2.80. The van der Waals surface area contributed by atoms with Gasteiger partial charge in [-0.2, -0.15) is 0 Å². The lowest BCUT2D eigenvalue weighted by Gasteiger charge is -1.97. The molecule has 0 saturated carbocycles. The minimum atomic E-state index is 0.439. The van der Waals surface area contributed by atoms with Gasteiger partial charge in [-0.05, 0) is 15.9 Å². The Kier molecular flexibility index (Phi) is 1.81. The number of hydrogen-bond acceptors (Lipinski definition) is 2. The van der Waals surface area contributed by atoms with Crippen LogP contribution in [0.5, 0.6) is 0 Å². The molecule has 0 atom stereocenters. The van der Waals surface area contributed by atoms with Gasteiger partial charge < -0.3 is 4.57 Å². The number of pyridine rings is 1. The number of nitrogens with zero attached hydrogens (tertiary/aromatic N) is 3. The molecule has 0 aliphatic rings. The number of hydrogen-bond donors (Lipinski definition) is 0. The summed E-state index contributed by atoms with van der Waals surface area (Å²) in [4.78, 5) is 8.08. The van der Waals surface area contributed by atoms with Gasteiger partial charge in [-0.1, -0.05) is 11.6 Å². The van der Waals surface area contributed by atoms with Gasteiger partial charge in [-0.25, -0.2) is 9.97 Å². The molecule has 5 heteroatoms. The number of rotatable bonds is 0. The summed E-state index contributed by atoms with van der Waals surface area (Å²) in [5, 5.41) is 0.439. The van der Waals surface area contributed by atoms with E-state index in [0.29, 0.717) is 5.15 Å². The van der Waals surface area contributed by atoms with Crippen molar-refractivity contribution in [1.29, 1.82) is 0 Å². The lowest BCUT2D eigenvalue weighted by atomic mass is 10.4. The van der Waals surface area contributed by atoms with Crippen LogP contribution in [-0.2, 0) is 7.05 Å². The SMILES string of the molecule is Cn1cnc2c(Cl)ncc(Br)c21. The largest absolute Gasteiger partial charge is 0.333 e. The first-order valence-electron chi connectivity index (χ1n) is 3.31. The van der Waals surface area contributed by atoms with Crippen molar-refractivity contribution in [2.75, 3.05) is 0 Å². The molecule has 62 valence electrons. The van der Waals surface area contributed by atoms with Crippen LogP contribution >= 0.6 is 27.5 Å². The van der Waals surface area contributed by atoms with Crippen molar-refractivity contribution >= 4 is 38.6 Å². The van der Waals surface area contributed by atoms with E-state index in [9.17, 15) is 0 Å². The van der Waals surface area contributed by atoms with E-state index < -0.39 is 0 Å². The van der Waals surface area contributed by atoms with Gasteiger partial charge in [0.25, 0.3) is 0 Å².